The Morgan fingerprint density at radius 3 is 2.60 bits per heavy atom. The Balaban J connectivity index is 1.49. The molecule has 210 valence electrons. The summed E-state index contributed by atoms with van der Waals surface area (Å²) in [4.78, 5) is 42.0. The van der Waals surface area contributed by atoms with E-state index in [1.807, 2.05) is 41.3 Å². The van der Waals surface area contributed by atoms with Gasteiger partial charge in [0, 0.05) is 73.1 Å². The number of esters is 1. The number of methoxy groups -OCH3 is 1. The monoisotopic (exact) mass is 564 g/mol. The number of halogens is 1. The number of rotatable bonds is 11. The van der Waals surface area contributed by atoms with Gasteiger partial charge >= 0.3 is 5.97 Å². The number of ether oxygens (including phenoxy) is 1. The zero-order chi connectivity index (χ0) is 28.3. The third-order valence-corrected chi connectivity index (χ3v) is 7.30. The number of aliphatic imine (C=N–C) groups is 1. The first-order valence-corrected chi connectivity index (χ1v) is 13.7. The van der Waals surface area contributed by atoms with E-state index in [9.17, 15) is 9.59 Å². The molecule has 1 amide bonds. The van der Waals surface area contributed by atoms with Crippen LogP contribution in [0.15, 0.2) is 70.0 Å². The molecule has 1 fully saturated rings. The third kappa shape index (κ3) is 7.38. The zero-order valence-corrected chi connectivity index (χ0v) is 23.3. The van der Waals surface area contributed by atoms with Crippen molar-refractivity contribution in [2.45, 2.75) is 31.7 Å². The highest BCUT2D eigenvalue weighted by molar-refractivity contribution is 6.31. The smallest absolute Gasteiger partial charge is 0.338 e. The Labute approximate surface area is 238 Å². The number of nitrogens with one attached hydrogen (secondary N) is 1. The van der Waals surface area contributed by atoms with E-state index in [-0.39, 0.29) is 5.91 Å². The maximum atomic E-state index is 13.1. The van der Waals surface area contributed by atoms with E-state index in [4.69, 9.17) is 26.9 Å². The van der Waals surface area contributed by atoms with Crippen LogP contribution in [-0.2, 0) is 14.3 Å². The maximum Gasteiger partial charge on any atom is 0.338 e. The van der Waals surface area contributed by atoms with Crippen molar-refractivity contribution in [1.29, 1.82) is 0 Å². The van der Waals surface area contributed by atoms with Crippen LogP contribution in [0.4, 0.5) is 0 Å². The summed E-state index contributed by atoms with van der Waals surface area (Å²) in [7, 11) is 1.36. The lowest BCUT2D eigenvalue weighted by atomic mass is 9.95. The first-order valence-electron chi connectivity index (χ1n) is 13.3. The molecule has 3 heterocycles. The summed E-state index contributed by atoms with van der Waals surface area (Å²) in [5, 5.41) is 7.39. The summed E-state index contributed by atoms with van der Waals surface area (Å²) in [6.45, 7) is 3.44. The largest absolute Gasteiger partial charge is 0.466 e. The first-order chi connectivity index (χ1) is 19.5. The summed E-state index contributed by atoms with van der Waals surface area (Å²) in [6.07, 6.45) is 4.60. The lowest BCUT2D eigenvalue weighted by Gasteiger charge is -2.36. The molecular weight excluding hydrogens is 532 g/mol. The van der Waals surface area contributed by atoms with Gasteiger partial charge in [-0.05, 0) is 36.6 Å². The average Bonchev–Trinajstić information content (AvgIpc) is 2.99. The fourth-order valence-electron chi connectivity index (χ4n) is 4.84. The Hall–Kier alpha value is -3.92. The molecule has 12 heteroatoms. The summed E-state index contributed by atoms with van der Waals surface area (Å²) in [5.74, 6) is 0.199. The molecule has 1 aromatic carbocycles. The Morgan fingerprint density at radius 2 is 1.90 bits per heavy atom. The summed E-state index contributed by atoms with van der Waals surface area (Å²) in [5.41, 5.74) is 10.8. The molecule has 0 aliphatic carbocycles. The van der Waals surface area contributed by atoms with Crippen molar-refractivity contribution in [1.82, 2.24) is 20.1 Å². The molecule has 11 nitrogen and oxygen atoms in total. The fourth-order valence-corrected chi connectivity index (χ4v) is 5.08. The summed E-state index contributed by atoms with van der Waals surface area (Å²) in [6, 6.07) is 12.2. The maximum absolute atomic E-state index is 13.1. The van der Waals surface area contributed by atoms with Crippen LogP contribution < -0.4 is 5.32 Å². The van der Waals surface area contributed by atoms with Gasteiger partial charge in [0.2, 0.25) is 5.91 Å². The number of unbranched alkanes of at least 4 members (excludes halogenated alkanes) is 2. The van der Waals surface area contributed by atoms with Crippen LogP contribution >= 0.6 is 11.6 Å². The van der Waals surface area contributed by atoms with Gasteiger partial charge in [0.1, 0.15) is 11.7 Å². The van der Waals surface area contributed by atoms with Crippen LogP contribution in [0, 0.1) is 0 Å². The highest BCUT2D eigenvalue weighted by Gasteiger charge is 2.34. The normalized spacial score (nSPS) is 17.5. The molecule has 0 spiro atoms. The summed E-state index contributed by atoms with van der Waals surface area (Å²) >= 11 is 6.57. The number of piperazine rings is 1. The molecule has 0 bridgehead atoms. The molecule has 2 aromatic rings. The number of pyridine rings is 1. The molecular formula is C28H33ClN8O3. The average molecular weight is 565 g/mol. The topological polar surface area (TPSA) is 136 Å². The van der Waals surface area contributed by atoms with Crippen LogP contribution in [0.5, 0.6) is 0 Å². The first kappa shape index (κ1) is 29.1. The van der Waals surface area contributed by atoms with Crippen molar-refractivity contribution in [3.63, 3.8) is 0 Å². The number of amides is 1. The van der Waals surface area contributed by atoms with Crippen molar-refractivity contribution in [3.8, 4) is 0 Å². The van der Waals surface area contributed by atoms with Gasteiger partial charge in [0.15, 0.2) is 5.84 Å². The van der Waals surface area contributed by atoms with E-state index < -0.39 is 12.0 Å². The standard InChI is InChI=1S/C28H33ClN8O3/c1-40-28(39)25-23(19-36-15-17-37(18-16-36)24(38)12-3-2-7-14-32-35-30)33-27(22-11-6-8-13-31-22)34-26(25)20-9-4-5-10-21(20)29/h4-6,8-11,13,26H,2-3,7,12,14-19H2,1H3,(H,33,34). The van der Waals surface area contributed by atoms with E-state index in [0.717, 1.165) is 19.3 Å². The van der Waals surface area contributed by atoms with E-state index in [1.54, 1.807) is 12.3 Å². The number of carbonyl (C=O) groups is 2. The number of benzene rings is 1. The number of hydrogen-bond acceptors (Lipinski definition) is 8. The van der Waals surface area contributed by atoms with E-state index in [2.05, 4.69) is 25.2 Å². The quantitative estimate of drug-likeness (QED) is 0.142. The minimum atomic E-state index is -0.670. The van der Waals surface area contributed by atoms with Gasteiger partial charge in [-0.2, -0.15) is 0 Å². The fraction of sp³-hybridized carbons (Fsp3) is 0.429. The lowest BCUT2D eigenvalue weighted by molar-refractivity contribution is -0.136. The molecule has 2 aliphatic rings. The van der Waals surface area contributed by atoms with Crippen molar-refractivity contribution < 1.29 is 14.3 Å². The van der Waals surface area contributed by atoms with Crippen LogP contribution in [0.1, 0.15) is 43.0 Å². The minimum absolute atomic E-state index is 0.136. The second kappa shape index (κ2) is 14.5. The Bertz CT molecular complexity index is 1300. The van der Waals surface area contributed by atoms with Crippen LogP contribution in [0.3, 0.4) is 0 Å². The number of azide groups is 1. The van der Waals surface area contributed by atoms with Crippen LogP contribution in [0.2, 0.25) is 5.02 Å². The predicted molar refractivity (Wildman–Crippen MR) is 153 cm³/mol. The molecule has 40 heavy (non-hydrogen) atoms. The SMILES string of the molecule is COC(=O)C1=C(CN2CCN(C(=O)CCCCCN=[N+]=[N-])CC2)NC(c2ccccn2)=NC1c1ccccc1Cl. The number of hydrogen-bond donors (Lipinski definition) is 1. The van der Waals surface area contributed by atoms with Crippen molar-refractivity contribution in [2.24, 2.45) is 10.1 Å². The second-order valence-electron chi connectivity index (χ2n) is 9.55. The van der Waals surface area contributed by atoms with Gasteiger partial charge in [-0.15, -0.1) is 0 Å². The van der Waals surface area contributed by atoms with Crippen molar-refractivity contribution in [2.75, 3.05) is 46.4 Å². The van der Waals surface area contributed by atoms with Crippen LogP contribution in [-0.4, -0.2) is 78.9 Å². The van der Waals surface area contributed by atoms with E-state index >= 15 is 0 Å². The molecule has 1 atom stereocenters. The highest BCUT2D eigenvalue weighted by atomic mass is 35.5. The van der Waals surface area contributed by atoms with Gasteiger partial charge in [-0.1, -0.05) is 47.4 Å². The Kier molecular flexibility index (Phi) is 10.5. The number of carbonyl (C=O) groups excluding carboxylic acids is 2. The number of aromatic nitrogens is 1. The lowest BCUT2D eigenvalue weighted by Crippen LogP contribution is -2.50. The molecule has 0 saturated carbocycles. The van der Waals surface area contributed by atoms with Crippen molar-refractivity contribution >= 4 is 29.3 Å². The summed E-state index contributed by atoms with van der Waals surface area (Å²) < 4.78 is 5.20. The van der Waals surface area contributed by atoms with Gasteiger partial charge < -0.3 is 15.0 Å². The number of nitrogens with zero attached hydrogens (tertiary/aromatic N) is 7. The third-order valence-electron chi connectivity index (χ3n) is 6.96. The zero-order valence-electron chi connectivity index (χ0n) is 22.5. The van der Waals surface area contributed by atoms with Gasteiger partial charge in [-0.3, -0.25) is 19.7 Å². The van der Waals surface area contributed by atoms with Gasteiger partial charge in [0.25, 0.3) is 0 Å². The van der Waals surface area contributed by atoms with E-state index in [1.165, 1.54) is 7.11 Å². The molecule has 1 N–H and O–H groups in total. The molecule has 4 rings (SSSR count). The molecule has 1 saturated heterocycles. The van der Waals surface area contributed by atoms with Gasteiger partial charge in [0.05, 0.1) is 12.7 Å². The van der Waals surface area contributed by atoms with Gasteiger partial charge in [-0.25, -0.2) is 4.79 Å². The predicted octanol–water partition coefficient (Wildman–Crippen LogP) is 4.27. The minimum Gasteiger partial charge on any atom is -0.466 e. The number of amidine groups is 1. The Morgan fingerprint density at radius 1 is 1.12 bits per heavy atom. The molecule has 1 unspecified atom stereocenters. The second-order valence-corrected chi connectivity index (χ2v) is 9.95. The highest BCUT2D eigenvalue weighted by Crippen LogP contribution is 2.36. The molecule has 1 aromatic heterocycles. The molecule has 0 radical (unpaired) electrons. The molecule has 2 aliphatic heterocycles. The van der Waals surface area contributed by atoms with Crippen LogP contribution in [0.25, 0.3) is 10.4 Å². The van der Waals surface area contributed by atoms with Crippen molar-refractivity contribution in [3.05, 3.63) is 86.7 Å². The van der Waals surface area contributed by atoms with E-state index in [0.29, 0.717) is 79.1 Å².